The molecule has 0 spiro atoms. The van der Waals surface area contributed by atoms with Crippen molar-refractivity contribution in [1.82, 2.24) is 9.97 Å². The van der Waals surface area contributed by atoms with Crippen molar-refractivity contribution in [2.45, 2.75) is 26.2 Å². The predicted molar refractivity (Wildman–Crippen MR) is 88.1 cm³/mol. The topological polar surface area (TPSA) is 51.8 Å². The van der Waals surface area contributed by atoms with E-state index in [9.17, 15) is 0 Å². The summed E-state index contributed by atoms with van der Waals surface area (Å²) < 4.78 is 0. The molecule has 2 N–H and O–H groups in total. The molecule has 3 heteroatoms. The highest BCUT2D eigenvalue weighted by molar-refractivity contribution is 5.81. The summed E-state index contributed by atoms with van der Waals surface area (Å²) in [5.41, 5.74) is 10.1. The Morgan fingerprint density at radius 1 is 0.905 bits per heavy atom. The van der Waals surface area contributed by atoms with Crippen LogP contribution < -0.4 is 5.73 Å². The number of nitrogens with zero attached hydrogens (tertiary/aromatic N) is 2. The number of nitrogen functional groups attached to an aromatic ring is 1. The van der Waals surface area contributed by atoms with Gasteiger partial charge in [-0.15, -0.1) is 0 Å². The number of nitrogens with two attached hydrogens (primary N) is 1. The quantitative estimate of drug-likeness (QED) is 0.726. The predicted octanol–water partition coefficient (Wildman–Crippen LogP) is 4.18. The molecule has 0 aliphatic rings. The Balaban J connectivity index is 2.02. The standard InChI is InChI=1S/C18H19N3/c1-18(2,3)15-7-4-12(5-8-15)14-10-13-6-9-16(19)21-17(13)20-11-14/h4-11H,1-3H3,(H2,19,20,21). The molecular weight excluding hydrogens is 258 g/mol. The van der Waals surface area contributed by atoms with Gasteiger partial charge >= 0.3 is 0 Å². The number of hydrogen-bond acceptors (Lipinski definition) is 3. The van der Waals surface area contributed by atoms with Crippen molar-refractivity contribution < 1.29 is 0 Å². The summed E-state index contributed by atoms with van der Waals surface area (Å²) >= 11 is 0. The van der Waals surface area contributed by atoms with E-state index in [4.69, 9.17) is 5.73 Å². The number of aromatic nitrogens is 2. The van der Waals surface area contributed by atoms with Gasteiger partial charge in [-0.05, 0) is 34.7 Å². The van der Waals surface area contributed by atoms with Crippen LogP contribution in [0, 0.1) is 0 Å². The highest BCUT2D eigenvalue weighted by Crippen LogP contribution is 2.27. The first-order chi connectivity index (χ1) is 9.93. The van der Waals surface area contributed by atoms with Gasteiger partial charge in [0.25, 0.3) is 0 Å². The fraction of sp³-hybridized carbons (Fsp3) is 0.222. The van der Waals surface area contributed by atoms with E-state index in [1.54, 1.807) is 6.07 Å². The average Bonchev–Trinajstić information content (AvgIpc) is 2.46. The van der Waals surface area contributed by atoms with E-state index >= 15 is 0 Å². The lowest BCUT2D eigenvalue weighted by atomic mass is 9.86. The molecule has 3 aromatic rings. The Hall–Kier alpha value is -2.42. The second-order valence-corrected chi connectivity index (χ2v) is 6.33. The van der Waals surface area contributed by atoms with Gasteiger partial charge in [0.2, 0.25) is 0 Å². The van der Waals surface area contributed by atoms with Gasteiger partial charge in [-0.25, -0.2) is 9.97 Å². The van der Waals surface area contributed by atoms with Crippen molar-refractivity contribution in [2.24, 2.45) is 0 Å². The zero-order valence-corrected chi connectivity index (χ0v) is 12.6. The number of anilines is 1. The van der Waals surface area contributed by atoms with Crippen molar-refractivity contribution in [3.8, 4) is 11.1 Å². The fourth-order valence-corrected chi connectivity index (χ4v) is 2.35. The van der Waals surface area contributed by atoms with Gasteiger partial charge in [0.05, 0.1) is 0 Å². The molecule has 2 heterocycles. The average molecular weight is 277 g/mol. The maximum atomic E-state index is 5.68. The zero-order chi connectivity index (χ0) is 15.0. The SMILES string of the molecule is CC(C)(C)c1ccc(-c2cnc3nc(N)ccc3c2)cc1. The van der Waals surface area contributed by atoms with Crippen LogP contribution in [0.5, 0.6) is 0 Å². The van der Waals surface area contributed by atoms with E-state index in [1.807, 2.05) is 12.3 Å². The first-order valence-electron chi connectivity index (χ1n) is 7.07. The van der Waals surface area contributed by atoms with Crippen LogP contribution in [0.3, 0.4) is 0 Å². The molecular formula is C18H19N3. The molecule has 0 atom stereocenters. The number of fused-ring (bicyclic) bond motifs is 1. The van der Waals surface area contributed by atoms with Gasteiger partial charge in [0.15, 0.2) is 5.65 Å². The molecule has 0 bridgehead atoms. The van der Waals surface area contributed by atoms with Crippen LogP contribution in [-0.4, -0.2) is 9.97 Å². The highest BCUT2D eigenvalue weighted by atomic mass is 14.9. The van der Waals surface area contributed by atoms with E-state index in [1.165, 1.54) is 5.56 Å². The lowest BCUT2D eigenvalue weighted by molar-refractivity contribution is 0.590. The normalized spacial score (nSPS) is 11.8. The molecule has 3 rings (SSSR count). The highest BCUT2D eigenvalue weighted by Gasteiger charge is 2.13. The minimum absolute atomic E-state index is 0.168. The van der Waals surface area contributed by atoms with E-state index in [0.717, 1.165) is 16.5 Å². The van der Waals surface area contributed by atoms with Crippen LogP contribution in [0.15, 0.2) is 48.7 Å². The van der Waals surface area contributed by atoms with Gasteiger partial charge < -0.3 is 5.73 Å². The summed E-state index contributed by atoms with van der Waals surface area (Å²) in [5.74, 6) is 0.497. The zero-order valence-electron chi connectivity index (χ0n) is 12.6. The molecule has 0 amide bonds. The second kappa shape index (κ2) is 4.85. The third-order valence-corrected chi connectivity index (χ3v) is 3.65. The number of benzene rings is 1. The maximum absolute atomic E-state index is 5.68. The van der Waals surface area contributed by atoms with Crippen molar-refractivity contribution >= 4 is 16.9 Å². The first kappa shape index (κ1) is 13.6. The lowest BCUT2D eigenvalue weighted by Crippen LogP contribution is -2.10. The molecule has 2 aromatic heterocycles. The van der Waals surface area contributed by atoms with Crippen molar-refractivity contribution in [2.75, 3.05) is 5.73 Å². The fourth-order valence-electron chi connectivity index (χ4n) is 2.35. The Labute approximate surface area is 124 Å². The minimum atomic E-state index is 0.168. The molecule has 21 heavy (non-hydrogen) atoms. The molecule has 106 valence electrons. The Kier molecular flexibility index (Phi) is 3.13. The van der Waals surface area contributed by atoms with Gasteiger partial charge in [-0.1, -0.05) is 45.0 Å². The van der Waals surface area contributed by atoms with E-state index < -0.39 is 0 Å². The number of hydrogen-bond donors (Lipinski definition) is 1. The molecule has 1 aromatic carbocycles. The molecule has 3 nitrogen and oxygen atoms in total. The van der Waals surface area contributed by atoms with E-state index in [0.29, 0.717) is 11.5 Å². The van der Waals surface area contributed by atoms with Gasteiger partial charge in [0.1, 0.15) is 5.82 Å². The van der Waals surface area contributed by atoms with E-state index in [-0.39, 0.29) is 5.41 Å². The molecule has 0 aliphatic carbocycles. The number of rotatable bonds is 1. The maximum Gasteiger partial charge on any atom is 0.161 e. The molecule has 0 aliphatic heterocycles. The Morgan fingerprint density at radius 2 is 1.62 bits per heavy atom. The van der Waals surface area contributed by atoms with Crippen LogP contribution >= 0.6 is 0 Å². The van der Waals surface area contributed by atoms with Crippen LogP contribution in [0.1, 0.15) is 26.3 Å². The minimum Gasteiger partial charge on any atom is -0.384 e. The molecule has 0 fully saturated rings. The summed E-state index contributed by atoms with van der Waals surface area (Å²) in [7, 11) is 0. The van der Waals surface area contributed by atoms with Gasteiger partial charge in [-0.2, -0.15) is 0 Å². The third kappa shape index (κ3) is 2.72. The van der Waals surface area contributed by atoms with Crippen LogP contribution in [0.4, 0.5) is 5.82 Å². The summed E-state index contributed by atoms with van der Waals surface area (Å²) in [6.07, 6.45) is 1.85. The molecule has 0 saturated heterocycles. The monoisotopic (exact) mass is 277 g/mol. The Morgan fingerprint density at radius 3 is 2.29 bits per heavy atom. The third-order valence-electron chi connectivity index (χ3n) is 3.65. The summed E-state index contributed by atoms with van der Waals surface area (Å²) in [5, 5.41) is 1.00. The largest absolute Gasteiger partial charge is 0.384 e. The molecule has 0 radical (unpaired) electrons. The summed E-state index contributed by atoms with van der Waals surface area (Å²) in [6.45, 7) is 6.65. The van der Waals surface area contributed by atoms with Crippen molar-refractivity contribution in [3.63, 3.8) is 0 Å². The van der Waals surface area contributed by atoms with Gasteiger partial charge in [0, 0.05) is 17.1 Å². The van der Waals surface area contributed by atoms with Crippen molar-refractivity contribution in [1.29, 1.82) is 0 Å². The van der Waals surface area contributed by atoms with E-state index in [2.05, 4.69) is 61.1 Å². The molecule has 0 saturated carbocycles. The first-order valence-corrected chi connectivity index (χ1v) is 7.07. The summed E-state index contributed by atoms with van der Waals surface area (Å²) in [4.78, 5) is 8.62. The molecule has 0 unspecified atom stereocenters. The smallest absolute Gasteiger partial charge is 0.161 e. The lowest BCUT2D eigenvalue weighted by Gasteiger charge is -2.19. The summed E-state index contributed by atoms with van der Waals surface area (Å²) in [6, 6.07) is 14.5. The Bertz CT molecular complexity index is 784. The van der Waals surface area contributed by atoms with Gasteiger partial charge in [-0.3, -0.25) is 0 Å². The second-order valence-electron chi connectivity index (χ2n) is 6.33. The number of pyridine rings is 2. The van der Waals surface area contributed by atoms with Crippen LogP contribution in [0.25, 0.3) is 22.2 Å². The van der Waals surface area contributed by atoms with Crippen molar-refractivity contribution in [3.05, 3.63) is 54.2 Å². The van der Waals surface area contributed by atoms with Crippen LogP contribution in [-0.2, 0) is 5.41 Å². The van der Waals surface area contributed by atoms with Crippen LogP contribution in [0.2, 0.25) is 0 Å².